The predicted molar refractivity (Wildman–Crippen MR) is 188 cm³/mol. The van der Waals surface area contributed by atoms with Gasteiger partial charge in [0.25, 0.3) is 11.5 Å². The molecule has 2 amide bonds. The Labute approximate surface area is 288 Å². The predicted octanol–water partition coefficient (Wildman–Crippen LogP) is 4.42. The van der Waals surface area contributed by atoms with Crippen molar-refractivity contribution < 1.29 is 14.7 Å². The van der Waals surface area contributed by atoms with Crippen LogP contribution in [-0.2, 0) is 24.8 Å². The fourth-order valence-corrected chi connectivity index (χ4v) is 8.35. The molecule has 0 bridgehead atoms. The molecule has 0 radical (unpaired) electrons. The lowest BCUT2D eigenvalue weighted by molar-refractivity contribution is -0.142. The molecule has 4 aromatic heterocycles. The molecule has 2 aliphatic heterocycles. The maximum Gasteiger partial charge on any atom is 0.265 e. The van der Waals surface area contributed by atoms with Gasteiger partial charge in [-0.3, -0.25) is 23.9 Å². The minimum Gasteiger partial charge on any atom is -0.388 e. The van der Waals surface area contributed by atoms with Gasteiger partial charge in [0.05, 0.1) is 23.2 Å². The highest BCUT2D eigenvalue weighted by Crippen LogP contribution is 2.37. The number of amides is 2. The molecule has 49 heavy (non-hydrogen) atoms. The maximum atomic E-state index is 14.2. The monoisotopic (exact) mass is 679 g/mol. The van der Waals surface area contributed by atoms with Crippen molar-refractivity contribution in [1.82, 2.24) is 33.9 Å². The number of aromatic nitrogens is 5. The van der Waals surface area contributed by atoms with Crippen LogP contribution >= 0.6 is 11.3 Å². The minimum absolute atomic E-state index is 0.0473. The Kier molecular flexibility index (Phi) is 8.93. The van der Waals surface area contributed by atoms with Crippen molar-refractivity contribution in [2.45, 2.75) is 57.6 Å². The fourth-order valence-electron chi connectivity index (χ4n) is 7.24. The van der Waals surface area contributed by atoms with Gasteiger partial charge in [-0.15, -0.1) is 11.3 Å². The van der Waals surface area contributed by atoms with Crippen LogP contribution in [0.2, 0.25) is 0 Å². The molecule has 2 aliphatic rings. The molecule has 2 saturated heterocycles. The first kappa shape index (κ1) is 32.8. The number of aryl methyl sites for hydroxylation is 3. The largest absolute Gasteiger partial charge is 0.388 e. The molecule has 7 rings (SSSR count). The number of aliphatic hydroxyl groups is 1. The Hall–Kier alpha value is -4.68. The molecule has 0 saturated carbocycles. The van der Waals surface area contributed by atoms with Crippen LogP contribution in [-0.4, -0.2) is 82.6 Å². The number of piperidine rings is 2. The van der Waals surface area contributed by atoms with Gasteiger partial charge in [0.2, 0.25) is 5.91 Å². The number of likely N-dealkylation sites (tertiary alicyclic amines) is 2. The van der Waals surface area contributed by atoms with Crippen molar-refractivity contribution in [2.75, 3.05) is 26.2 Å². The first-order valence-electron chi connectivity index (χ1n) is 16.9. The molecule has 12 heteroatoms. The van der Waals surface area contributed by atoms with Crippen LogP contribution in [0.4, 0.5) is 0 Å². The SMILES string of the molecule is CCc1nc(-c2ccc(C)nc2)sc1C(=O)N1CC[C@@H](C(=O)N2CCC(O)(Cn3cnc4c(ccn4C)c3=O)CC2)[C@H](c2ccccc2)C1. The molecule has 2 atom stereocenters. The van der Waals surface area contributed by atoms with E-state index in [1.54, 1.807) is 23.0 Å². The second-order valence-electron chi connectivity index (χ2n) is 13.4. The number of carbonyl (C=O) groups excluding carboxylic acids is 2. The lowest BCUT2D eigenvalue weighted by Crippen LogP contribution is -2.53. The van der Waals surface area contributed by atoms with Crippen LogP contribution in [0.5, 0.6) is 0 Å². The van der Waals surface area contributed by atoms with Gasteiger partial charge in [-0.2, -0.15) is 0 Å². The van der Waals surface area contributed by atoms with E-state index in [0.29, 0.717) is 67.8 Å². The van der Waals surface area contributed by atoms with Crippen molar-refractivity contribution in [1.29, 1.82) is 0 Å². The van der Waals surface area contributed by atoms with E-state index in [4.69, 9.17) is 4.98 Å². The number of hydrogen-bond donors (Lipinski definition) is 1. The minimum atomic E-state index is -1.13. The molecule has 5 aromatic rings. The number of hydrogen-bond acceptors (Lipinski definition) is 8. The van der Waals surface area contributed by atoms with Gasteiger partial charge in [0.1, 0.15) is 21.9 Å². The normalized spacial score (nSPS) is 19.3. The number of benzene rings is 1. The highest BCUT2D eigenvalue weighted by atomic mass is 32.1. The number of rotatable bonds is 7. The summed E-state index contributed by atoms with van der Waals surface area (Å²) >= 11 is 1.41. The number of fused-ring (bicyclic) bond motifs is 1. The summed E-state index contributed by atoms with van der Waals surface area (Å²) < 4.78 is 3.27. The van der Waals surface area contributed by atoms with Crippen molar-refractivity contribution in [3.05, 3.63) is 99.4 Å². The molecule has 6 heterocycles. The molecule has 254 valence electrons. The third kappa shape index (κ3) is 6.42. The van der Waals surface area contributed by atoms with Crippen LogP contribution in [0.25, 0.3) is 21.6 Å². The Bertz CT molecular complexity index is 2040. The number of pyridine rings is 1. The topological polar surface area (TPSA) is 126 Å². The summed E-state index contributed by atoms with van der Waals surface area (Å²) in [5, 5.41) is 12.8. The second kappa shape index (κ2) is 13.3. The maximum absolute atomic E-state index is 14.2. The Morgan fingerprint density at radius 3 is 2.51 bits per heavy atom. The molecule has 0 spiro atoms. The van der Waals surface area contributed by atoms with Gasteiger partial charge < -0.3 is 19.5 Å². The van der Waals surface area contributed by atoms with E-state index in [1.165, 1.54) is 22.2 Å². The van der Waals surface area contributed by atoms with Crippen LogP contribution in [0.15, 0.2) is 72.0 Å². The van der Waals surface area contributed by atoms with Crippen LogP contribution in [0.3, 0.4) is 0 Å². The Morgan fingerprint density at radius 1 is 1.02 bits per heavy atom. The van der Waals surface area contributed by atoms with E-state index in [2.05, 4.69) is 9.97 Å². The first-order valence-corrected chi connectivity index (χ1v) is 17.7. The standard InChI is InChI=1S/C37H41N7O4S/c1-4-30-31(49-33(40-30)26-11-10-24(2)38-20-26)36(47)43-17-13-27(29(21-43)25-8-6-5-7-9-25)34(45)42-18-14-37(48,15-19-42)22-44-23-39-32-28(35(44)46)12-16-41(32)3/h5-12,16,20,23,27,29,48H,4,13-15,17-19,21-22H2,1-3H3/t27-,29+/m1/s1. The molecular weight excluding hydrogens is 639 g/mol. The highest BCUT2D eigenvalue weighted by Gasteiger charge is 2.42. The quantitative estimate of drug-likeness (QED) is 0.270. The number of thiazole rings is 1. The Balaban J connectivity index is 1.06. The molecule has 11 nitrogen and oxygen atoms in total. The smallest absolute Gasteiger partial charge is 0.265 e. The van der Waals surface area contributed by atoms with Crippen molar-refractivity contribution in [2.24, 2.45) is 13.0 Å². The summed E-state index contributed by atoms with van der Waals surface area (Å²) in [6, 6.07) is 15.7. The van der Waals surface area contributed by atoms with Crippen LogP contribution in [0, 0.1) is 12.8 Å². The van der Waals surface area contributed by atoms with Crippen LogP contribution in [0.1, 0.15) is 58.7 Å². The molecule has 1 aromatic carbocycles. The average Bonchev–Trinajstić information content (AvgIpc) is 3.73. The zero-order chi connectivity index (χ0) is 34.3. The summed E-state index contributed by atoms with van der Waals surface area (Å²) in [4.78, 5) is 59.4. The van der Waals surface area contributed by atoms with Gasteiger partial charge >= 0.3 is 0 Å². The summed E-state index contributed by atoms with van der Waals surface area (Å²) in [6.45, 7) is 5.76. The zero-order valence-electron chi connectivity index (χ0n) is 28.1. The van der Waals surface area contributed by atoms with E-state index in [9.17, 15) is 19.5 Å². The summed E-state index contributed by atoms with van der Waals surface area (Å²) in [7, 11) is 1.84. The van der Waals surface area contributed by atoms with E-state index < -0.39 is 5.60 Å². The van der Waals surface area contributed by atoms with Gasteiger partial charge in [-0.05, 0) is 56.4 Å². The van der Waals surface area contributed by atoms with Crippen molar-refractivity contribution in [3.8, 4) is 10.6 Å². The lowest BCUT2D eigenvalue weighted by Gasteiger charge is -2.43. The summed E-state index contributed by atoms with van der Waals surface area (Å²) in [6.07, 6.45) is 6.99. The van der Waals surface area contributed by atoms with E-state index >= 15 is 0 Å². The van der Waals surface area contributed by atoms with Gasteiger partial charge in [0.15, 0.2) is 0 Å². The summed E-state index contributed by atoms with van der Waals surface area (Å²) in [5.74, 6) is -0.470. The van der Waals surface area contributed by atoms with E-state index in [0.717, 1.165) is 27.5 Å². The highest BCUT2D eigenvalue weighted by molar-refractivity contribution is 7.17. The van der Waals surface area contributed by atoms with Gasteiger partial charge in [0, 0.05) is 68.7 Å². The third-order valence-corrected chi connectivity index (χ3v) is 11.3. The average molecular weight is 680 g/mol. The van der Waals surface area contributed by atoms with Gasteiger partial charge in [-0.1, -0.05) is 37.3 Å². The van der Waals surface area contributed by atoms with E-state index in [1.807, 2.05) is 73.2 Å². The van der Waals surface area contributed by atoms with Crippen molar-refractivity contribution >= 4 is 34.2 Å². The van der Waals surface area contributed by atoms with Crippen LogP contribution < -0.4 is 5.56 Å². The third-order valence-electron chi connectivity index (χ3n) is 10.2. The fraction of sp³-hybridized carbons (Fsp3) is 0.405. The Morgan fingerprint density at radius 2 is 1.80 bits per heavy atom. The first-order chi connectivity index (χ1) is 23.6. The molecule has 1 N–H and O–H groups in total. The van der Waals surface area contributed by atoms with Gasteiger partial charge in [-0.25, -0.2) is 9.97 Å². The molecule has 0 aliphatic carbocycles. The molecule has 0 unspecified atom stereocenters. The summed E-state index contributed by atoms with van der Waals surface area (Å²) in [5.41, 5.74) is 2.93. The molecular formula is C37H41N7O4S. The number of nitrogens with zero attached hydrogens (tertiary/aromatic N) is 7. The second-order valence-corrected chi connectivity index (χ2v) is 14.4. The number of carbonyl (C=O) groups is 2. The van der Waals surface area contributed by atoms with Crippen molar-refractivity contribution in [3.63, 3.8) is 0 Å². The molecule has 2 fully saturated rings. The zero-order valence-corrected chi connectivity index (χ0v) is 28.9. The van der Waals surface area contributed by atoms with E-state index in [-0.39, 0.29) is 35.8 Å². The lowest BCUT2D eigenvalue weighted by atomic mass is 9.79.